The molecule has 0 amide bonds. The number of hydrogen-bond donors (Lipinski definition) is 0. The fourth-order valence-electron chi connectivity index (χ4n) is 8.52. The third-order valence-corrected chi connectivity index (χ3v) is 11.8. The van der Waals surface area contributed by atoms with Crippen molar-refractivity contribution in [2.75, 3.05) is 6.61 Å². The highest BCUT2D eigenvalue weighted by Crippen LogP contribution is 2.70. The van der Waals surface area contributed by atoms with Crippen molar-refractivity contribution in [2.24, 2.45) is 28.6 Å². The van der Waals surface area contributed by atoms with E-state index in [9.17, 15) is 19.2 Å². The minimum atomic E-state index is -0.587. The highest BCUT2D eigenvalue weighted by molar-refractivity contribution is 8.14. The summed E-state index contributed by atoms with van der Waals surface area (Å²) in [6.45, 7) is 10.2. The van der Waals surface area contributed by atoms with Crippen LogP contribution in [-0.2, 0) is 28.7 Å². The van der Waals surface area contributed by atoms with Gasteiger partial charge in [-0.25, -0.2) is 0 Å². The zero-order chi connectivity index (χ0) is 27.0. The fourth-order valence-corrected chi connectivity index (χ4v) is 9.82. The summed E-state index contributed by atoms with van der Waals surface area (Å²) in [5, 5.41) is 0.357. The van der Waals surface area contributed by atoms with E-state index in [1.54, 1.807) is 6.92 Å². The van der Waals surface area contributed by atoms with Crippen LogP contribution in [0.25, 0.3) is 0 Å². The van der Waals surface area contributed by atoms with Crippen LogP contribution >= 0.6 is 11.8 Å². The molecule has 0 radical (unpaired) electrons. The first-order valence-corrected chi connectivity index (χ1v) is 15.2. The van der Waals surface area contributed by atoms with Gasteiger partial charge in [-0.05, 0) is 80.6 Å². The molecule has 4 aliphatic carbocycles. The highest BCUT2D eigenvalue weighted by atomic mass is 32.2. The standard InChI is InChI=1S/C30H44O6S/c1-6-25(33)35-16-8-12-30(36-19(3)31)15-11-23-27-22(10-14-29(23,30)5)28(4)13-9-21(32)17-20(28)18-24(27)37-26(34)7-2/h17,22-24,27H,6-16,18H2,1-5H3/t22-,23-,24+,27+,28-,29-,30-/m0/s1. The lowest BCUT2D eigenvalue weighted by molar-refractivity contribution is -0.184. The maximum Gasteiger partial charge on any atom is 0.305 e. The second kappa shape index (κ2) is 10.9. The molecule has 6 nitrogen and oxygen atoms in total. The van der Waals surface area contributed by atoms with Gasteiger partial charge in [-0.1, -0.05) is 45.0 Å². The van der Waals surface area contributed by atoms with Gasteiger partial charge >= 0.3 is 11.9 Å². The first-order valence-electron chi connectivity index (χ1n) is 14.3. The van der Waals surface area contributed by atoms with E-state index in [4.69, 9.17) is 9.47 Å². The van der Waals surface area contributed by atoms with Crippen LogP contribution in [0.3, 0.4) is 0 Å². The summed E-state index contributed by atoms with van der Waals surface area (Å²) in [4.78, 5) is 49.2. The first-order chi connectivity index (χ1) is 17.5. The molecule has 0 aromatic heterocycles. The lowest BCUT2D eigenvalue weighted by atomic mass is 9.46. The van der Waals surface area contributed by atoms with E-state index in [1.807, 2.05) is 13.0 Å². The van der Waals surface area contributed by atoms with Gasteiger partial charge in [0.1, 0.15) is 5.60 Å². The second-order valence-electron chi connectivity index (χ2n) is 12.2. The van der Waals surface area contributed by atoms with Gasteiger partial charge < -0.3 is 9.47 Å². The highest BCUT2D eigenvalue weighted by Gasteiger charge is 2.67. The lowest BCUT2D eigenvalue weighted by Gasteiger charge is -2.61. The molecule has 0 unspecified atom stereocenters. The minimum Gasteiger partial charge on any atom is -0.466 e. The SMILES string of the molecule is CCC(=O)OCCC[C@]1(OC(C)=O)CC[C@H]2[C@@H]3[C@H](SC(=O)CC)CC4=CC(=O)CC[C@]4(C)[C@H]3CC[C@@]21C. The zero-order valence-electron chi connectivity index (χ0n) is 23.2. The van der Waals surface area contributed by atoms with Gasteiger partial charge in [0, 0.05) is 36.9 Å². The topological polar surface area (TPSA) is 86.7 Å². The van der Waals surface area contributed by atoms with Crippen LogP contribution in [0.5, 0.6) is 0 Å². The van der Waals surface area contributed by atoms with Crippen molar-refractivity contribution >= 4 is 34.6 Å². The summed E-state index contributed by atoms with van der Waals surface area (Å²) < 4.78 is 11.6. The number of rotatable bonds is 8. The van der Waals surface area contributed by atoms with Crippen molar-refractivity contribution < 1.29 is 28.7 Å². The van der Waals surface area contributed by atoms with Crippen LogP contribution in [-0.4, -0.2) is 40.3 Å². The maximum atomic E-state index is 12.7. The molecule has 0 aliphatic heterocycles. The number of ketones is 1. The monoisotopic (exact) mass is 532 g/mol. The molecule has 0 aromatic rings. The average Bonchev–Trinajstić information content (AvgIpc) is 3.13. The van der Waals surface area contributed by atoms with Crippen molar-refractivity contribution in [1.82, 2.24) is 0 Å². The fraction of sp³-hybridized carbons (Fsp3) is 0.800. The molecule has 3 fully saturated rings. The Hall–Kier alpha value is -1.63. The van der Waals surface area contributed by atoms with E-state index < -0.39 is 5.60 Å². The van der Waals surface area contributed by atoms with Gasteiger partial charge in [-0.15, -0.1) is 0 Å². The summed E-state index contributed by atoms with van der Waals surface area (Å²) in [5.41, 5.74) is 0.450. The van der Waals surface area contributed by atoms with E-state index >= 15 is 0 Å². The summed E-state index contributed by atoms with van der Waals surface area (Å²) >= 11 is 1.49. The number of esters is 2. The largest absolute Gasteiger partial charge is 0.466 e. The second-order valence-corrected chi connectivity index (χ2v) is 13.5. The van der Waals surface area contributed by atoms with Crippen molar-refractivity contribution in [3.63, 3.8) is 0 Å². The van der Waals surface area contributed by atoms with E-state index in [0.29, 0.717) is 56.5 Å². The summed E-state index contributed by atoms with van der Waals surface area (Å²) in [7, 11) is 0. The molecule has 37 heavy (non-hydrogen) atoms. The third-order valence-electron chi connectivity index (χ3n) is 10.4. The van der Waals surface area contributed by atoms with Gasteiger partial charge in [0.15, 0.2) is 10.9 Å². The summed E-state index contributed by atoms with van der Waals surface area (Å²) in [6.07, 6.45) is 10.1. The number of carbonyl (C=O) groups is 4. The van der Waals surface area contributed by atoms with E-state index in [0.717, 1.165) is 38.5 Å². The van der Waals surface area contributed by atoms with Gasteiger partial charge in [-0.2, -0.15) is 0 Å². The van der Waals surface area contributed by atoms with Gasteiger partial charge in [0.2, 0.25) is 0 Å². The van der Waals surface area contributed by atoms with E-state index in [1.165, 1.54) is 24.3 Å². The molecule has 7 heteroatoms. The number of ether oxygens (including phenoxy) is 2. The molecule has 7 atom stereocenters. The molecule has 0 N–H and O–H groups in total. The van der Waals surface area contributed by atoms with Crippen LogP contribution < -0.4 is 0 Å². The molecule has 0 bridgehead atoms. The molecule has 4 aliphatic rings. The van der Waals surface area contributed by atoms with Crippen molar-refractivity contribution in [2.45, 2.75) is 116 Å². The molecular weight excluding hydrogens is 488 g/mol. The van der Waals surface area contributed by atoms with Crippen molar-refractivity contribution in [3.05, 3.63) is 11.6 Å². The molecule has 0 aromatic carbocycles. The smallest absolute Gasteiger partial charge is 0.305 e. The molecule has 206 valence electrons. The molecule has 3 saturated carbocycles. The average molecular weight is 533 g/mol. The molecule has 0 spiro atoms. The third kappa shape index (κ3) is 5.06. The van der Waals surface area contributed by atoms with Gasteiger partial charge in [0.05, 0.1) is 6.61 Å². The Bertz CT molecular complexity index is 973. The number of fused-ring (bicyclic) bond motifs is 5. The van der Waals surface area contributed by atoms with Crippen LogP contribution in [0, 0.1) is 28.6 Å². The number of hydrogen-bond acceptors (Lipinski definition) is 7. The first kappa shape index (κ1) is 28.4. The lowest BCUT2D eigenvalue weighted by Crippen LogP contribution is -2.58. The van der Waals surface area contributed by atoms with E-state index in [-0.39, 0.29) is 38.9 Å². The van der Waals surface area contributed by atoms with Crippen LogP contribution in [0.2, 0.25) is 0 Å². The Morgan fingerprint density at radius 3 is 2.46 bits per heavy atom. The van der Waals surface area contributed by atoms with Crippen LogP contribution in [0.1, 0.15) is 105 Å². The Labute approximate surface area is 226 Å². The number of allylic oxidation sites excluding steroid dienone is 1. The normalized spacial score (nSPS) is 38.6. The molecular formula is C30H44O6S. The molecule has 0 heterocycles. The predicted molar refractivity (Wildman–Crippen MR) is 144 cm³/mol. The van der Waals surface area contributed by atoms with Crippen molar-refractivity contribution in [3.8, 4) is 0 Å². The van der Waals surface area contributed by atoms with Crippen molar-refractivity contribution in [1.29, 1.82) is 0 Å². The predicted octanol–water partition coefficient (Wildman–Crippen LogP) is 6.20. The van der Waals surface area contributed by atoms with E-state index in [2.05, 4.69) is 13.8 Å². The Balaban J connectivity index is 1.67. The maximum absolute atomic E-state index is 12.7. The molecule has 4 rings (SSSR count). The van der Waals surface area contributed by atoms with Gasteiger partial charge in [-0.3, -0.25) is 19.2 Å². The summed E-state index contributed by atoms with van der Waals surface area (Å²) in [6, 6.07) is 0. The molecule has 0 saturated heterocycles. The number of carbonyl (C=O) groups excluding carboxylic acids is 4. The summed E-state index contributed by atoms with van der Waals surface area (Å²) in [5.74, 6) is 0.846. The Morgan fingerprint density at radius 1 is 1.05 bits per heavy atom. The Kier molecular flexibility index (Phi) is 8.33. The quantitative estimate of drug-likeness (QED) is 0.272. The minimum absolute atomic E-state index is 0.00668. The van der Waals surface area contributed by atoms with Crippen LogP contribution in [0.15, 0.2) is 11.6 Å². The van der Waals surface area contributed by atoms with Crippen LogP contribution in [0.4, 0.5) is 0 Å². The van der Waals surface area contributed by atoms with Gasteiger partial charge in [0.25, 0.3) is 0 Å². The number of thioether (sulfide) groups is 1. The Morgan fingerprint density at radius 2 is 1.78 bits per heavy atom. The zero-order valence-corrected chi connectivity index (χ0v) is 24.0.